The number of halogens is 2. The summed E-state index contributed by atoms with van der Waals surface area (Å²) in [6.45, 7) is 5.40. The summed E-state index contributed by atoms with van der Waals surface area (Å²) in [5.41, 5.74) is -0.566. The van der Waals surface area contributed by atoms with Crippen LogP contribution in [0.1, 0.15) is 49.9 Å². The van der Waals surface area contributed by atoms with Crippen LogP contribution in [-0.2, 0) is 4.74 Å². The van der Waals surface area contributed by atoms with Crippen molar-refractivity contribution < 1.29 is 23.1 Å². The number of ether oxygens (including phenoxy) is 1. The second-order valence-electron chi connectivity index (χ2n) is 7.27. The fourth-order valence-corrected chi connectivity index (χ4v) is 3.80. The minimum atomic E-state index is -0.771. The largest absolute Gasteiger partial charge is 0.441 e. The number of carbonyl (C=O) groups is 2. The van der Waals surface area contributed by atoms with Crippen molar-refractivity contribution in [1.29, 1.82) is 0 Å². The molecule has 2 saturated heterocycles. The van der Waals surface area contributed by atoms with Crippen molar-refractivity contribution in [3.05, 3.63) is 35.4 Å². The van der Waals surface area contributed by atoms with Crippen LogP contribution in [0.15, 0.2) is 18.2 Å². The van der Waals surface area contributed by atoms with Gasteiger partial charge in [0.1, 0.15) is 17.2 Å². The van der Waals surface area contributed by atoms with Crippen LogP contribution >= 0.6 is 0 Å². The fraction of sp³-hybridized carbons (Fsp3) is 0.579. The van der Waals surface area contributed by atoms with E-state index in [1.165, 1.54) is 0 Å². The molecule has 0 bridgehead atoms. The van der Waals surface area contributed by atoms with Gasteiger partial charge >= 0.3 is 6.09 Å². The summed E-state index contributed by atoms with van der Waals surface area (Å²) in [7, 11) is 0. The summed E-state index contributed by atoms with van der Waals surface area (Å²) in [6.07, 6.45) is 2.67. The second kappa shape index (κ2) is 7.21. The third-order valence-corrected chi connectivity index (χ3v) is 5.31. The third-order valence-electron chi connectivity index (χ3n) is 5.31. The highest BCUT2D eigenvalue weighted by atomic mass is 19.1. The lowest BCUT2D eigenvalue weighted by molar-refractivity contribution is 0.00303. The van der Waals surface area contributed by atoms with E-state index in [9.17, 15) is 18.4 Å². The summed E-state index contributed by atoms with van der Waals surface area (Å²) in [5.74, 6) is -1.95. The summed E-state index contributed by atoms with van der Waals surface area (Å²) in [5, 5.41) is 0. The van der Waals surface area contributed by atoms with Crippen LogP contribution in [0.3, 0.4) is 0 Å². The van der Waals surface area contributed by atoms with Crippen molar-refractivity contribution in [2.75, 3.05) is 19.6 Å². The lowest BCUT2D eigenvalue weighted by Crippen LogP contribution is -2.49. The molecule has 2 amide bonds. The van der Waals surface area contributed by atoms with Crippen molar-refractivity contribution in [1.82, 2.24) is 9.80 Å². The second-order valence-corrected chi connectivity index (χ2v) is 7.27. The molecule has 1 atom stereocenters. The van der Waals surface area contributed by atoms with Gasteiger partial charge in [0.15, 0.2) is 0 Å². The number of likely N-dealkylation sites (tertiary alicyclic amines) is 1. The first kappa shape index (κ1) is 18.6. The van der Waals surface area contributed by atoms with Crippen molar-refractivity contribution in [3.8, 4) is 0 Å². The average Bonchev–Trinajstić information content (AvgIpc) is 2.90. The molecule has 0 aromatic heterocycles. The van der Waals surface area contributed by atoms with E-state index in [2.05, 4.69) is 6.92 Å². The Hall–Kier alpha value is -2.18. The summed E-state index contributed by atoms with van der Waals surface area (Å²) in [4.78, 5) is 28.0. The van der Waals surface area contributed by atoms with Gasteiger partial charge in [-0.15, -0.1) is 0 Å². The lowest BCUT2D eigenvalue weighted by Gasteiger charge is -2.37. The molecule has 7 heteroatoms. The molecule has 2 aliphatic rings. The predicted molar refractivity (Wildman–Crippen MR) is 91.8 cm³/mol. The monoisotopic (exact) mass is 366 g/mol. The predicted octanol–water partition coefficient (Wildman–Crippen LogP) is 3.58. The van der Waals surface area contributed by atoms with Crippen molar-refractivity contribution in [3.63, 3.8) is 0 Å². The number of rotatable bonds is 4. The standard InChI is InChI=1S/C19H24F2N2O3/c1-3-4-13(2)23-12-19(26-18(23)25)5-7-22(8-6-19)17(24)14-9-15(20)11-16(21)10-14/h9-11,13H,3-8,12H2,1-2H3/t13-/m0/s1. The Morgan fingerprint density at radius 3 is 2.42 bits per heavy atom. The van der Waals surface area contributed by atoms with E-state index >= 15 is 0 Å². The summed E-state index contributed by atoms with van der Waals surface area (Å²) < 4.78 is 32.4. The number of amides is 2. The maximum absolute atomic E-state index is 13.3. The maximum atomic E-state index is 13.3. The minimum Gasteiger partial charge on any atom is -0.441 e. The quantitative estimate of drug-likeness (QED) is 0.818. The zero-order chi connectivity index (χ0) is 18.9. The molecule has 1 aromatic rings. The Kier molecular flexibility index (Phi) is 5.16. The molecule has 0 saturated carbocycles. The first-order valence-electron chi connectivity index (χ1n) is 9.08. The van der Waals surface area contributed by atoms with E-state index in [0.29, 0.717) is 32.5 Å². The van der Waals surface area contributed by atoms with Gasteiger partial charge in [0.2, 0.25) is 0 Å². The van der Waals surface area contributed by atoms with Gasteiger partial charge in [-0.25, -0.2) is 13.6 Å². The molecular formula is C19H24F2N2O3. The summed E-state index contributed by atoms with van der Waals surface area (Å²) in [6, 6.07) is 2.95. The maximum Gasteiger partial charge on any atom is 0.410 e. The zero-order valence-electron chi connectivity index (χ0n) is 15.1. The Balaban J connectivity index is 1.64. The normalized spacial score (nSPS) is 20.4. The van der Waals surface area contributed by atoms with Crippen LogP contribution in [0, 0.1) is 11.6 Å². The van der Waals surface area contributed by atoms with E-state index in [1.807, 2.05) is 6.92 Å². The fourth-order valence-electron chi connectivity index (χ4n) is 3.80. The number of hydrogen-bond donors (Lipinski definition) is 0. The van der Waals surface area contributed by atoms with Gasteiger partial charge in [0, 0.05) is 43.6 Å². The van der Waals surface area contributed by atoms with Crippen LogP contribution in [0.4, 0.5) is 13.6 Å². The molecule has 142 valence electrons. The molecule has 0 aliphatic carbocycles. The molecule has 1 spiro atoms. The minimum absolute atomic E-state index is 0.0000567. The average molecular weight is 366 g/mol. The number of piperidine rings is 1. The SMILES string of the molecule is CCC[C@H](C)N1CC2(CCN(C(=O)c3cc(F)cc(F)c3)CC2)OC1=O. The highest BCUT2D eigenvalue weighted by Gasteiger charge is 2.48. The van der Waals surface area contributed by atoms with Gasteiger partial charge in [0.25, 0.3) is 5.91 Å². The molecule has 5 nitrogen and oxygen atoms in total. The van der Waals surface area contributed by atoms with E-state index in [4.69, 9.17) is 4.74 Å². The van der Waals surface area contributed by atoms with E-state index in [0.717, 1.165) is 31.0 Å². The first-order valence-corrected chi connectivity index (χ1v) is 9.08. The molecule has 0 unspecified atom stereocenters. The van der Waals surface area contributed by atoms with Crippen molar-refractivity contribution >= 4 is 12.0 Å². The van der Waals surface area contributed by atoms with E-state index in [1.54, 1.807) is 9.80 Å². The molecule has 3 rings (SSSR count). The molecule has 1 aromatic carbocycles. The van der Waals surface area contributed by atoms with Gasteiger partial charge in [-0.3, -0.25) is 4.79 Å². The molecule has 26 heavy (non-hydrogen) atoms. The van der Waals surface area contributed by atoms with Crippen LogP contribution in [0.5, 0.6) is 0 Å². The Morgan fingerprint density at radius 1 is 1.23 bits per heavy atom. The number of benzene rings is 1. The highest BCUT2D eigenvalue weighted by Crippen LogP contribution is 2.35. The van der Waals surface area contributed by atoms with Gasteiger partial charge in [0.05, 0.1) is 6.54 Å². The first-order chi connectivity index (χ1) is 12.3. The van der Waals surface area contributed by atoms with Crippen molar-refractivity contribution in [2.45, 2.75) is 51.2 Å². The van der Waals surface area contributed by atoms with Gasteiger partial charge in [-0.05, 0) is 25.5 Å². The molecule has 2 aliphatic heterocycles. The van der Waals surface area contributed by atoms with Gasteiger partial charge in [-0.2, -0.15) is 0 Å². The van der Waals surface area contributed by atoms with Crippen LogP contribution in [0.25, 0.3) is 0 Å². The topological polar surface area (TPSA) is 49.9 Å². The molecule has 0 radical (unpaired) electrons. The smallest absolute Gasteiger partial charge is 0.410 e. The third kappa shape index (κ3) is 3.66. The number of nitrogens with zero attached hydrogens (tertiary/aromatic N) is 2. The molecule has 2 heterocycles. The molecule has 0 N–H and O–H groups in total. The van der Waals surface area contributed by atoms with Crippen LogP contribution in [-0.4, -0.2) is 53.1 Å². The number of carbonyl (C=O) groups excluding carboxylic acids is 2. The Labute approximate surface area is 151 Å². The molecular weight excluding hydrogens is 342 g/mol. The van der Waals surface area contributed by atoms with Crippen molar-refractivity contribution in [2.24, 2.45) is 0 Å². The zero-order valence-corrected chi connectivity index (χ0v) is 15.1. The molecule has 2 fully saturated rings. The van der Waals surface area contributed by atoms with Crippen LogP contribution in [0.2, 0.25) is 0 Å². The lowest BCUT2D eigenvalue weighted by atomic mass is 9.90. The number of hydrogen-bond acceptors (Lipinski definition) is 3. The Morgan fingerprint density at radius 2 is 1.85 bits per heavy atom. The van der Waals surface area contributed by atoms with Gasteiger partial charge < -0.3 is 14.5 Å². The summed E-state index contributed by atoms with van der Waals surface area (Å²) >= 11 is 0. The Bertz CT molecular complexity index is 682. The van der Waals surface area contributed by atoms with E-state index < -0.39 is 23.1 Å². The van der Waals surface area contributed by atoms with Crippen LogP contribution < -0.4 is 0 Å². The highest BCUT2D eigenvalue weighted by molar-refractivity contribution is 5.94. The van der Waals surface area contributed by atoms with E-state index in [-0.39, 0.29) is 17.7 Å². The van der Waals surface area contributed by atoms with Gasteiger partial charge in [-0.1, -0.05) is 13.3 Å².